The molecule has 112 valence electrons. The second-order valence-electron chi connectivity index (χ2n) is 5.24. The molecule has 0 aliphatic rings. The minimum absolute atomic E-state index is 0.452. The van der Waals surface area contributed by atoms with Gasteiger partial charge in [0.25, 0.3) is 0 Å². The quantitative estimate of drug-likeness (QED) is 0.820. The van der Waals surface area contributed by atoms with Crippen LogP contribution < -0.4 is 0 Å². The topological polar surface area (TPSA) is 69.2 Å². The van der Waals surface area contributed by atoms with E-state index in [1.165, 1.54) is 0 Å². The van der Waals surface area contributed by atoms with Crippen molar-refractivity contribution in [2.75, 3.05) is 13.6 Å². The average Bonchev–Trinajstić information content (AvgIpc) is 2.96. The number of carboxylic acids is 1. The summed E-state index contributed by atoms with van der Waals surface area (Å²) >= 11 is 0. The molecule has 1 aromatic heterocycles. The molecule has 0 saturated carbocycles. The minimum atomic E-state index is -0.787. The Balaban J connectivity index is 1.85. The van der Waals surface area contributed by atoms with Crippen molar-refractivity contribution in [1.29, 1.82) is 0 Å². The monoisotopic (exact) mass is 287 g/mol. The van der Waals surface area contributed by atoms with Crippen LogP contribution in [0.2, 0.25) is 0 Å². The molecule has 1 aromatic carbocycles. The number of nitrogens with zero attached hydrogens (tertiary/aromatic N) is 2. The lowest BCUT2D eigenvalue weighted by molar-refractivity contribution is -0.142. The number of aromatic amines is 1. The van der Waals surface area contributed by atoms with E-state index < -0.39 is 12.0 Å². The molecule has 5 heteroatoms. The summed E-state index contributed by atoms with van der Waals surface area (Å²) in [5, 5.41) is 16.3. The zero-order chi connectivity index (χ0) is 15.2. The van der Waals surface area contributed by atoms with Crippen LogP contribution in [0.1, 0.15) is 19.0 Å². The minimum Gasteiger partial charge on any atom is -0.480 e. The molecule has 2 aromatic rings. The predicted octanol–water partition coefficient (Wildman–Crippen LogP) is 2.41. The third kappa shape index (κ3) is 4.16. The van der Waals surface area contributed by atoms with E-state index >= 15 is 0 Å². The summed E-state index contributed by atoms with van der Waals surface area (Å²) < 4.78 is 0. The molecular formula is C16H21N3O2. The number of nitrogens with one attached hydrogen (secondary N) is 1. The van der Waals surface area contributed by atoms with Gasteiger partial charge in [0.05, 0.1) is 5.69 Å². The molecule has 0 aliphatic carbocycles. The van der Waals surface area contributed by atoms with E-state index in [0.717, 1.165) is 36.3 Å². The summed E-state index contributed by atoms with van der Waals surface area (Å²) in [6, 6.07) is 11.6. The first-order chi connectivity index (χ1) is 10.1. The number of aliphatic carboxylic acids is 1. The van der Waals surface area contributed by atoms with Gasteiger partial charge in [-0.2, -0.15) is 5.10 Å². The zero-order valence-corrected chi connectivity index (χ0v) is 12.4. The van der Waals surface area contributed by atoms with Gasteiger partial charge >= 0.3 is 5.97 Å². The number of aryl methyl sites for hydroxylation is 1. The van der Waals surface area contributed by atoms with Crippen LogP contribution in [0.25, 0.3) is 11.3 Å². The molecule has 0 fully saturated rings. The van der Waals surface area contributed by atoms with Gasteiger partial charge in [0.15, 0.2) is 0 Å². The van der Waals surface area contributed by atoms with Crippen LogP contribution in [0.5, 0.6) is 0 Å². The maximum absolute atomic E-state index is 10.9. The molecule has 1 unspecified atom stereocenters. The predicted molar refractivity (Wildman–Crippen MR) is 82.1 cm³/mol. The molecule has 1 atom stereocenters. The second kappa shape index (κ2) is 7.04. The Hall–Kier alpha value is -2.14. The van der Waals surface area contributed by atoms with Crippen LogP contribution in [0, 0.1) is 0 Å². The van der Waals surface area contributed by atoms with Gasteiger partial charge in [-0.1, -0.05) is 30.3 Å². The Bertz CT molecular complexity index is 580. The molecular weight excluding hydrogens is 266 g/mol. The number of carboxylic acid groups (broad SMARTS) is 1. The van der Waals surface area contributed by atoms with Gasteiger partial charge in [0.2, 0.25) is 0 Å². The Morgan fingerprint density at radius 2 is 2.10 bits per heavy atom. The van der Waals surface area contributed by atoms with Gasteiger partial charge in [0, 0.05) is 11.3 Å². The van der Waals surface area contributed by atoms with Gasteiger partial charge in [-0.3, -0.25) is 14.8 Å². The van der Waals surface area contributed by atoms with E-state index in [0.29, 0.717) is 0 Å². The fraction of sp³-hybridized carbons (Fsp3) is 0.375. The van der Waals surface area contributed by atoms with Crippen LogP contribution in [-0.4, -0.2) is 45.8 Å². The van der Waals surface area contributed by atoms with Crippen LogP contribution >= 0.6 is 0 Å². The normalized spacial score (nSPS) is 12.5. The molecule has 2 N–H and O–H groups in total. The summed E-state index contributed by atoms with van der Waals surface area (Å²) in [5.74, 6) is -0.787. The van der Waals surface area contributed by atoms with Crippen molar-refractivity contribution >= 4 is 5.97 Å². The van der Waals surface area contributed by atoms with Crippen molar-refractivity contribution in [2.24, 2.45) is 0 Å². The summed E-state index contributed by atoms with van der Waals surface area (Å²) in [6.45, 7) is 2.44. The highest BCUT2D eigenvalue weighted by Gasteiger charge is 2.15. The SMILES string of the molecule is CC(C(=O)O)N(C)CCCc1cc(-c2ccccc2)n[nH]1. The molecule has 0 radical (unpaired) electrons. The Morgan fingerprint density at radius 3 is 2.76 bits per heavy atom. The van der Waals surface area contributed by atoms with Crippen LogP contribution in [0.3, 0.4) is 0 Å². The lowest BCUT2D eigenvalue weighted by Gasteiger charge is -2.20. The maximum atomic E-state index is 10.9. The Labute approximate surface area is 124 Å². The standard InChI is InChI=1S/C16H21N3O2/c1-12(16(20)21)19(2)10-6-9-14-11-15(18-17-14)13-7-4-3-5-8-13/h3-5,7-8,11-12H,6,9-10H2,1-2H3,(H,17,18)(H,20,21). The first-order valence-electron chi connectivity index (χ1n) is 7.10. The number of likely N-dealkylation sites (N-methyl/N-ethyl adjacent to an activating group) is 1. The molecule has 0 saturated heterocycles. The van der Waals surface area contributed by atoms with Gasteiger partial charge in [-0.15, -0.1) is 0 Å². The molecule has 2 rings (SSSR count). The molecule has 1 heterocycles. The van der Waals surface area contributed by atoms with Crippen molar-refractivity contribution in [3.8, 4) is 11.3 Å². The van der Waals surface area contributed by atoms with Crippen molar-refractivity contribution < 1.29 is 9.90 Å². The first kappa shape index (κ1) is 15.3. The number of aromatic nitrogens is 2. The van der Waals surface area contributed by atoms with E-state index in [9.17, 15) is 4.79 Å². The molecule has 21 heavy (non-hydrogen) atoms. The molecule has 0 amide bonds. The number of benzene rings is 1. The lowest BCUT2D eigenvalue weighted by atomic mass is 10.1. The third-order valence-corrected chi connectivity index (χ3v) is 3.68. The van der Waals surface area contributed by atoms with Gasteiger partial charge < -0.3 is 5.11 Å². The van der Waals surface area contributed by atoms with Gasteiger partial charge in [-0.05, 0) is 39.4 Å². The smallest absolute Gasteiger partial charge is 0.320 e. The fourth-order valence-electron chi connectivity index (χ4n) is 2.15. The van der Waals surface area contributed by atoms with E-state index in [1.54, 1.807) is 6.92 Å². The number of hydrogen-bond acceptors (Lipinski definition) is 3. The van der Waals surface area contributed by atoms with Crippen molar-refractivity contribution in [3.05, 3.63) is 42.1 Å². The van der Waals surface area contributed by atoms with Gasteiger partial charge in [0.1, 0.15) is 6.04 Å². The summed E-state index contributed by atoms with van der Waals surface area (Å²) in [6.07, 6.45) is 1.75. The number of H-pyrrole nitrogens is 1. The first-order valence-corrected chi connectivity index (χ1v) is 7.10. The largest absolute Gasteiger partial charge is 0.480 e. The summed E-state index contributed by atoms with van der Waals surface area (Å²) in [4.78, 5) is 12.7. The lowest BCUT2D eigenvalue weighted by Crippen LogP contribution is -2.36. The van der Waals surface area contributed by atoms with Gasteiger partial charge in [-0.25, -0.2) is 0 Å². The Morgan fingerprint density at radius 1 is 1.38 bits per heavy atom. The average molecular weight is 287 g/mol. The van der Waals surface area contributed by atoms with E-state index in [-0.39, 0.29) is 0 Å². The van der Waals surface area contributed by atoms with E-state index in [2.05, 4.69) is 16.3 Å². The molecule has 5 nitrogen and oxygen atoms in total. The van der Waals surface area contributed by atoms with E-state index in [4.69, 9.17) is 5.11 Å². The summed E-state index contributed by atoms with van der Waals surface area (Å²) in [5.41, 5.74) is 3.11. The highest BCUT2D eigenvalue weighted by Crippen LogP contribution is 2.17. The summed E-state index contributed by atoms with van der Waals surface area (Å²) in [7, 11) is 1.83. The number of rotatable bonds is 7. The van der Waals surface area contributed by atoms with E-state index in [1.807, 2.05) is 42.3 Å². The van der Waals surface area contributed by atoms with Crippen LogP contribution in [-0.2, 0) is 11.2 Å². The zero-order valence-electron chi connectivity index (χ0n) is 12.4. The van der Waals surface area contributed by atoms with Crippen molar-refractivity contribution in [2.45, 2.75) is 25.8 Å². The molecule has 0 spiro atoms. The number of carbonyl (C=O) groups is 1. The van der Waals surface area contributed by atoms with Crippen LogP contribution in [0.15, 0.2) is 36.4 Å². The highest BCUT2D eigenvalue weighted by atomic mass is 16.4. The van der Waals surface area contributed by atoms with Crippen molar-refractivity contribution in [1.82, 2.24) is 15.1 Å². The Kier molecular flexibility index (Phi) is 5.11. The maximum Gasteiger partial charge on any atom is 0.320 e. The molecule has 0 aliphatic heterocycles. The van der Waals surface area contributed by atoms with Crippen molar-refractivity contribution in [3.63, 3.8) is 0 Å². The second-order valence-corrected chi connectivity index (χ2v) is 5.24. The molecule has 0 bridgehead atoms. The third-order valence-electron chi connectivity index (χ3n) is 3.68. The highest BCUT2D eigenvalue weighted by molar-refractivity contribution is 5.72. The van der Waals surface area contributed by atoms with Crippen LogP contribution in [0.4, 0.5) is 0 Å². The fourth-order valence-corrected chi connectivity index (χ4v) is 2.15. The number of hydrogen-bond donors (Lipinski definition) is 2.